The molecule has 0 aromatic heterocycles. The Morgan fingerprint density at radius 1 is 1.00 bits per heavy atom. The molecule has 0 atom stereocenters. The van der Waals surface area contributed by atoms with Crippen molar-refractivity contribution in [2.75, 3.05) is 13.1 Å². The molecule has 2 aromatic carbocycles. The van der Waals surface area contributed by atoms with E-state index in [9.17, 15) is 0 Å². The monoisotopic (exact) mass is 350 g/mol. The minimum atomic E-state index is 0.700. The predicted molar refractivity (Wildman–Crippen MR) is 107 cm³/mol. The third-order valence-corrected chi connectivity index (χ3v) is 3.78. The van der Waals surface area contributed by atoms with Gasteiger partial charge in [0.1, 0.15) is 0 Å². The molecule has 25 heavy (non-hydrogen) atoms. The molecule has 2 N–H and O–H groups in total. The van der Waals surface area contributed by atoms with E-state index in [4.69, 9.17) is 11.6 Å². The molecule has 0 aliphatic carbocycles. The quantitative estimate of drug-likeness (QED) is 0.633. The molecule has 0 saturated heterocycles. The Kier molecular flexibility index (Phi) is 6.01. The molecule has 3 rings (SSSR count). The summed E-state index contributed by atoms with van der Waals surface area (Å²) in [7, 11) is 0. The van der Waals surface area contributed by atoms with Crippen molar-refractivity contribution in [1.82, 2.24) is 10.7 Å². The molecule has 5 heteroatoms. The molecule has 1 heterocycles. The fraction of sp³-hybridized carbons (Fsp3) is 0.100. The van der Waals surface area contributed by atoms with E-state index in [2.05, 4.69) is 20.8 Å². The van der Waals surface area contributed by atoms with Crippen LogP contribution in [0, 0.1) is 0 Å². The van der Waals surface area contributed by atoms with Gasteiger partial charge in [0.25, 0.3) is 0 Å². The van der Waals surface area contributed by atoms with Crippen LogP contribution < -0.4 is 10.7 Å². The molecule has 0 radical (unpaired) electrons. The molecule has 4 nitrogen and oxygen atoms in total. The van der Waals surface area contributed by atoms with Crippen LogP contribution in [0.4, 0.5) is 0 Å². The maximum absolute atomic E-state index is 5.93. The van der Waals surface area contributed by atoms with Crippen LogP contribution in [0.2, 0.25) is 5.02 Å². The van der Waals surface area contributed by atoms with Crippen molar-refractivity contribution in [1.29, 1.82) is 0 Å². The van der Waals surface area contributed by atoms with Crippen molar-refractivity contribution in [2.24, 2.45) is 10.1 Å². The number of benzene rings is 2. The van der Waals surface area contributed by atoms with Crippen molar-refractivity contribution in [3.05, 3.63) is 82.9 Å². The molecular formula is C20H19ClN4. The number of nitrogens with zero attached hydrogens (tertiary/aromatic N) is 2. The highest BCUT2D eigenvalue weighted by molar-refractivity contribution is 6.30. The summed E-state index contributed by atoms with van der Waals surface area (Å²) in [5.41, 5.74) is 5.93. The van der Waals surface area contributed by atoms with E-state index in [1.165, 1.54) is 0 Å². The molecule has 2 aromatic rings. The molecular weight excluding hydrogens is 332 g/mol. The number of rotatable bonds is 5. The van der Waals surface area contributed by atoms with Gasteiger partial charge in [-0.3, -0.25) is 0 Å². The normalized spacial score (nSPS) is 14.8. The SMILES string of the molecule is Clc1ccc(C=CC(C=Cc2ccccc2)=NNC2=NCCN2)cc1. The first-order valence-electron chi connectivity index (χ1n) is 8.08. The van der Waals surface area contributed by atoms with Gasteiger partial charge in [0.15, 0.2) is 0 Å². The Morgan fingerprint density at radius 2 is 1.68 bits per heavy atom. The molecule has 1 aliphatic heterocycles. The van der Waals surface area contributed by atoms with Gasteiger partial charge in [-0.25, -0.2) is 10.4 Å². The van der Waals surface area contributed by atoms with Crippen molar-refractivity contribution >= 4 is 35.4 Å². The number of aliphatic imine (C=N–C) groups is 1. The van der Waals surface area contributed by atoms with Gasteiger partial charge in [-0.05, 0) is 35.4 Å². The van der Waals surface area contributed by atoms with Gasteiger partial charge >= 0.3 is 0 Å². The molecule has 0 unspecified atom stereocenters. The van der Waals surface area contributed by atoms with E-state index in [0.29, 0.717) is 5.96 Å². The van der Waals surface area contributed by atoms with Gasteiger partial charge in [0.2, 0.25) is 5.96 Å². The van der Waals surface area contributed by atoms with Crippen LogP contribution >= 0.6 is 11.6 Å². The molecule has 0 saturated carbocycles. The maximum atomic E-state index is 5.93. The highest BCUT2D eigenvalue weighted by Gasteiger charge is 2.02. The first kappa shape index (κ1) is 17.0. The first-order valence-corrected chi connectivity index (χ1v) is 8.46. The first-order chi connectivity index (χ1) is 12.3. The molecule has 1 aliphatic rings. The van der Waals surface area contributed by atoms with E-state index >= 15 is 0 Å². The van der Waals surface area contributed by atoms with Gasteiger partial charge in [-0.15, -0.1) is 0 Å². The van der Waals surface area contributed by atoms with Crippen LogP contribution in [0.15, 0.2) is 76.8 Å². The van der Waals surface area contributed by atoms with Gasteiger partial charge in [-0.1, -0.05) is 66.2 Å². The second-order valence-corrected chi connectivity index (χ2v) is 5.87. The highest BCUT2D eigenvalue weighted by atomic mass is 35.5. The average molecular weight is 351 g/mol. The Morgan fingerprint density at radius 3 is 2.32 bits per heavy atom. The minimum Gasteiger partial charge on any atom is -0.353 e. The highest BCUT2D eigenvalue weighted by Crippen LogP contribution is 2.11. The standard InChI is InChI=1S/C20H19ClN4/c21-18-10-6-17(7-11-18)9-13-19(24-25-20-22-14-15-23-20)12-8-16-4-2-1-3-5-16/h1-13H,14-15H2,(H2,22,23,25). The number of allylic oxidation sites excluding steroid dienone is 2. The second-order valence-electron chi connectivity index (χ2n) is 5.43. The summed E-state index contributed by atoms with van der Waals surface area (Å²) in [6.07, 6.45) is 7.93. The second kappa shape index (κ2) is 8.85. The largest absolute Gasteiger partial charge is 0.353 e. The summed E-state index contributed by atoms with van der Waals surface area (Å²) in [4.78, 5) is 4.28. The summed E-state index contributed by atoms with van der Waals surface area (Å²) in [5, 5.41) is 8.29. The zero-order chi connectivity index (χ0) is 17.3. The van der Waals surface area contributed by atoms with Gasteiger partial charge < -0.3 is 5.32 Å². The minimum absolute atomic E-state index is 0.700. The fourth-order valence-corrected chi connectivity index (χ4v) is 2.35. The lowest BCUT2D eigenvalue weighted by molar-refractivity contribution is 0.918. The molecule has 0 fully saturated rings. The van der Waals surface area contributed by atoms with Crippen molar-refractivity contribution in [2.45, 2.75) is 0 Å². The lowest BCUT2D eigenvalue weighted by Crippen LogP contribution is -2.30. The fourth-order valence-electron chi connectivity index (χ4n) is 2.22. The number of hydrazone groups is 1. The lowest BCUT2D eigenvalue weighted by atomic mass is 10.1. The third-order valence-electron chi connectivity index (χ3n) is 3.53. The van der Waals surface area contributed by atoms with Crippen LogP contribution in [0.3, 0.4) is 0 Å². The van der Waals surface area contributed by atoms with E-state index in [1.54, 1.807) is 0 Å². The molecule has 0 bridgehead atoms. The van der Waals surface area contributed by atoms with E-state index in [-0.39, 0.29) is 0 Å². The van der Waals surface area contributed by atoms with Gasteiger partial charge in [0.05, 0.1) is 12.3 Å². The third kappa shape index (κ3) is 5.62. The molecule has 126 valence electrons. The van der Waals surface area contributed by atoms with Gasteiger partial charge in [-0.2, -0.15) is 5.10 Å². The van der Waals surface area contributed by atoms with Crippen LogP contribution in [0.1, 0.15) is 11.1 Å². The van der Waals surface area contributed by atoms with E-state index < -0.39 is 0 Å². The number of guanidine groups is 1. The Bertz CT molecular complexity index is 805. The Balaban J connectivity index is 1.76. The number of hydrogen-bond acceptors (Lipinski definition) is 4. The van der Waals surface area contributed by atoms with Crippen molar-refractivity contribution in [3.63, 3.8) is 0 Å². The summed E-state index contributed by atoms with van der Waals surface area (Å²) >= 11 is 5.93. The van der Waals surface area contributed by atoms with E-state index in [0.717, 1.165) is 35.0 Å². The summed E-state index contributed by atoms with van der Waals surface area (Å²) in [6.45, 7) is 1.61. The Labute approximate surface area is 152 Å². The smallest absolute Gasteiger partial charge is 0.212 e. The zero-order valence-corrected chi connectivity index (χ0v) is 14.4. The molecule has 0 amide bonds. The topological polar surface area (TPSA) is 48.8 Å². The summed E-state index contributed by atoms with van der Waals surface area (Å²) in [6, 6.07) is 17.8. The van der Waals surface area contributed by atoms with Crippen LogP contribution in [-0.2, 0) is 0 Å². The number of hydrogen-bond donors (Lipinski definition) is 2. The maximum Gasteiger partial charge on any atom is 0.212 e. The number of halogens is 1. The van der Waals surface area contributed by atoms with Gasteiger partial charge in [0, 0.05) is 11.6 Å². The van der Waals surface area contributed by atoms with Crippen LogP contribution in [-0.4, -0.2) is 24.8 Å². The zero-order valence-electron chi connectivity index (χ0n) is 13.7. The van der Waals surface area contributed by atoms with Crippen molar-refractivity contribution < 1.29 is 0 Å². The Hall–Kier alpha value is -2.85. The van der Waals surface area contributed by atoms with Crippen LogP contribution in [0.25, 0.3) is 12.2 Å². The summed E-state index contributed by atoms with van der Waals surface area (Å²) < 4.78 is 0. The summed E-state index contributed by atoms with van der Waals surface area (Å²) in [5.74, 6) is 0.700. The van der Waals surface area contributed by atoms with Crippen LogP contribution in [0.5, 0.6) is 0 Å². The average Bonchev–Trinajstić information content (AvgIpc) is 3.17. The van der Waals surface area contributed by atoms with Crippen molar-refractivity contribution in [3.8, 4) is 0 Å². The number of nitrogens with one attached hydrogen (secondary N) is 2. The molecule has 0 spiro atoms. The van der Waals surface area contributed by atoms with E-state index in [1.807, 2.05) is 78.9 Å². The lowest BCUT2D eigenvalue weighted by Gasteiger charge is -2.01. The predicted octanol–water partition coefficient (Wildman–Crippen LogP) is 3.97.